The van der Waals surface area contributed by atoms with Gasteiger partial charge in [-0.05, 0) is 45.1 Å². The van der Waals surface area contributed by atoms with E-state index < -0.39 is 0 Å². The zero-order valence-electron chi connectivity index (χ0n) is 11.9. The first-order valence-electron chi connectivity index (χ1n) is 7.17. The van der Waals surface area contributed by atoms with Crippen molar-refractivity contribution < 1.29 is 9.53 Å². The molecular formula is C14H27NO2S. The summed E-state index contributed by atoms with van der Waals surface area (Å²) in [5, 5.41) is 4.18. The Balaban J connectivity index is 2.38. The van der Waals surface area contributed by atoms with Gasteiger partial charge in [-0.3, -0.25) is 4.79 Å². The minimum absolute atomic E-state index is 0.0741. The van der Waals surface area contributed by atoms with E-state index in [2.05, 4.69) is 19.2 Å². The predicted octanol–water partition coefficient (Wildman–Crippen LogP) is 2.84. The monoisotopic (exact) mass is 273 g/mol. The van der Waals surface area contributed by atoms with Crippen molar-refractivity contribution in [3.05, 3.63) is 0 Å². The second kappa shape index (κ2) is 8.81. The van der Waals surface area contributed by atoms with Crippen LogP contribution in [0.15, 0.2) is 0 Å². The molecule has 18 heavy (non-hydrogen) atoms. The molecule has 106 valence electrons. The number of hydrogen-bond acceptors (Lipinski definition) is 4. The van der Waals surface area contributed by atoms with Crippen molar-refractivity contribution >= 4 is 17.7 Å². The molecule has 0 radical (unpaired) electrons. The third kappa shape index (κ3) is 5.61. The molecule has 3 unspecified atom stereocenters. The molecule has 1 aliphatic rings. The van der Waals surface area contributed by atoms with Crippen molar-refractivity contribution in [1.82, 2.24) is 5.32 Å². The second-order valence-corrected chi connectivity index (χ2v) is 6.36. The topological polar surface area (TPSA) is 38.3 Å². The Bertz CT molecular complexity index is 246. The summed E-state index contributed by atoms with van der Waals surface area (Å²) < 4.78 is 5.00. The summed E-state index contributed by atoms with van der Waals surface area (Å²) in [4.78, 5) is 11.4. The molecule has 0 saturated heterocycles. The molecule has 0 aromatic heterocycles. The van der Waals surface area contributed by atoms with Gasteiger partial charge in [-0.25, -0.2) is 0 Å². The lowest BCUT2D eigenvalue weighted by Crippen LogP contribution is -2.43. The lowest BCUT2D eigenvalue weighted by molar-refractivity contribution is -0.139. The molecule has 0 heterocycles. The molecule has 0 aliphatic heterocycles. The highest BCUT2D eigenvalue weighted by Gasteiger charge is 2.29. The Morgan fingerprint density at radius 1 is 1.39 bits per heavy atom. The molecule has 1 fully saturated rings. The molecule has 3 nitrogen and oxygen atoms in total. The molecule has 4 heteroatoms. The Hall–Kier alpha value is -0.220. The molecule has 1 N–H and O–H groups in total. The number of carbonyl (C=O) groups is 1. The van der Waals surface area contributed by atoms with E-state index in [1.807, 2.05) is 6.92 Å². The van der Waals surface area contributed by atoms with Crippen LogP contribution in [0.1, 0.15) is 46.5 Å². The minimum Gasteiger partial charge on any atom is -0.465 e. The molecule has 1 saturated carbocycles. The number of thioether (sulfide) groups is 1. The van der Waals surface area contributed by atoms with Crippen LogP contribution >= 0.6 is 11.8 Å². The predicted molar refractivity (Wildman–Crippen MR) is 78.0 cm³/mol. The van der Waals surface area contributed by atoms with Gasteiger partial charge in [0, 0.05) is 11.3 Å². The lowest BCUT2D eigenvalue weighted by atomic mass is 9.87. The first kappa shape index (κ1) is 15.8. The standard InChI is InChI=1S/C14H27NO2S/c1-4-8-15-12-7-6-11(3)9-13(12)18-10-14(16)17-5-2/h11-13,15H,4-10H2,1-3H3. The highest BCUT2D eigenvalue weighted by molar-refractivity contribution is 8.00. The van der Waals surface area contributed by atoms with Crippen LogP contribution in [0.5, 0.6) is 0 Å². The van der Waals surface area contributed by atoms with E-state index in [9.17, 15) is 4.79 Å². The van der Waals surface area contributed by atoms with Crippen molar-refractivity contribution in [2.45, 2.75) is 57.7 Å². The number of ether oxygens (including phenoxy) is 1. The van der Waals surface area contributed by atoms with Crippen LogP contribution in [-0.2, 0) is 9.53 Å². The van der Waals surface area contributed by atoms with Crippen LogP contribution in [-0.4, -0.2) is 36.2 Å². The zero-order chi connectivity index (χ0) is 13.4. The van der Waals surface area contributed by atoms with E-state index in [0.29, 0.717) is 23.7 Å². The number of rotatable bonds is 7. The second-order valence-electron chi connectivity index (χ2n) is 5.13. The minimum atomic E-state index is -0.0741. The molecule has 0 bridgehead atoms. The van der Waals surface area contributed by atoms with Crippen LogP contribution in [0.2, 0.25) is 0 Å². The quantitative estimate of drug-likeness (QED) is 0.724. The van der Waals surface area contributed by atoms with E-state index in [1.165, 1.54) is 25.7 Å². The third-order valence-electron chi connectivity index (χ3n) is 3.43. The fourth-order valence-corrected chi connectivity index (χ4v) is 3.82. The lowest BCUT2D eigenvalue weighted by Gasteiger charge is -2.35. The average Bonchev–Trinajstić information content (AvgIpc) is 2.35. The maximum absolute atomic E-state index is 11.4. The summed E-state index contributed by atoms with van der Waals surface area (Å²) in [5.41, 5.74) is 0. The molecule has 0 spiro atoms. The van der Waals surface area contributed by atoms with Gasteiger partial charge < -0.3 is 10.1 Å². The molecule has 1 aliphatic carbocycles. The van der Waals surface area contributed by atoms with Crippen molar-refractivity contribution in [2.75, 3.05) is 18.9 Å². The van der Waals surface area contributed by atoms with E-state index in [0.717, 1.165) is 12.5 Å². The van der Waals surface area contributed by atoms with Crippen LogP contribution in [0.4, 0.5) is 0 Å². The summed E-state index contributed by atoms with van der Waals surface area (Å²) in [6, 6.07) is 0.570. The summed E-state index contributed by atoms with van der Waals surface area (Å²) in [6.45, 7) is 7.93. The van der Waals surface area contributed by atoms with Crippen molar-refractivity contribution in [3.63, 3.8) is 0 Å². The van der Waals surface area contributed by atoms with Gasteiger partial charge in [0.15, 0.2) is 0 Å². The normalized spacial score (nSPS) is 28.1. The van der Waals surface area contributed by atoms with Gasteiger partial charge in [0.05, 0.1) is 12.4 Å². The van der Waals surface area contributed by atoms with Gasteiger partial charge in [0.1, 0.15) is 0 Å². The van der Waals surface area contributed by atoms with Crippen LogP contribution < -0.4 is 5.32 Å². The van der Waals surface area contributed by atoms with Gasteiger partial charge in [-0.1, -0.05) is 13.8 Å². The maximum Gasteiger partial charge on any atom is 0.315 e. The number of carbonyl (C=O) groups excluding carboxylic acids is 1. The molecule has 0 amide bonds. The van der Waals surface area contributed by atoms with Gasteiger partial charge in [0.25, 0.3) is 0 Å². The first-order chi connectivity index (χ1) is 8.67. The number of hydrogen-bond donors (Lipinski definition) is 1. The number of esters is 1. The van der Waals surface area contributed by atoms with Crippen molar-refractivity contribution in [1.29, 1.82) is 0 Å². The first-order valence-corrected chi connectivity index (χ1v) is 8.22. The fraction of sp³-hybridized carbons (Fsp3) is 0.929. The van der Waals surface area contributed by atoms with Crippen LogP contribution in [0.25, 0.3) is 0 Å². The highest BCUT2D eigenvalue weighted by atomic mass is 32.2. The molecule has 1 rings (SSSR count). The largest absolute Gasteiger partial charge is 0.465 e. The summed E-state index contributed by atoms with van der Waals surface area (Å²) in [7, 11) is 0. The van der Waals surface area contributed by atoms with Crippen molar-refractivity contribution in [3.8, 4) is 0 Å². The van der Waals surface area contributed by atoms with Gasteiger partial charge in [-0.2, -0.15) is 0 Å². The highest BCUT2D eigenvalue weighted by Crippen LogP contribution is 2.32. The van der Waals surface area contributed by atoms with Gasteiger partial charge in [-0.15, -0.1) is 11.8 Å². The summed E-state index contributed by atoms with van der Waals surface area (Å²) >= 11 is 1.77. The van der Waals surface area contributed by atoms with Gasteiger partial charge in [0.2, 0.25) is 0 Å². The molecule has 0 aromatic rings. The molecule has 0 aromatic carbocycles. The third-order valence-corrected chi connectivity index (χ3v) is 4.78. The number of nitrogens with one attached hydrogen (secondary N) is 1. The van der Waals surface area contributed by atoms with E-state index in [4.69, 9.17) is 4.74 Å². The Kier molecular flexibility index (Phi) is 7.75. The maximum atomic E-state index is 11.4. The smallest absolute Gasteiger partial charge is 0.315 e. The van der Waals surface area contributed by atoms with Crippen LogP contribution in [0, 0.1) is 5.92 Å². The van der Waals surface area contributed by atoms with Crippen LogP contribution in [0.3, 0.4) is 0 Å². The Morgan fingerprint density at radius 2 is 2.17 bits per heavy atom. The van der Waals surface area contributed by atoms with E-state index in [1.54, 1.807) is 11.8 Å². The summed E-state index contributed by atoms with van der Waals surface area (Å²) in [6.07, 6.45) is 4.92. The fourth-order valence-electron chi connectivity index (χ4n) is 2.45. The Labute approximate surface area is 115 Å². The van der Waals surface area contributed by atoms with E-state index in [-0.39, 0.29) is 5.97 Å². The Morgan fingerprint density at radius 3 is 2.83 bits per heavy atom. The molecule has 3 atom stereocenters. The summed E-state index contributed by atoms with van der Waals surface area (Å²) in [5.74, 6) is 1.20. The average molecular weight is 273 g/mol. The SMILES string of the molecule is CCCNC1CCC(C)CC1SCC(=O)OCC. The molecular weight excluding hydrogens is 246 g/mol. The van der Waals surface area contributed by atoms with Crippen molar-refractivity contribution in [2.24, 2.45) is 5.92 Å². The zero-order valence-corrected chi connectivity index (χ0v) is 12.7. The van der Waals surface area contributed by atoms with E-state index >= 15 is 0 Å². The van der Waals surface area contributed by atoms with Gasteiger partial charge >= 0.3 is 5.97 Å².